The van der Waals surface area contributed by atoms with Gasteiger partial charge in [0.1, 0.15) is 0 Å². The molecule has 2 aromatic rings. The second-order valence-electron chi connectivity index (χ2n) is 3.95. The molecule has 2 aromatic carbocycles. The highest BCUT2D eigenvalue weighted by molar-refractivity contribution is 9.09. The van der Waals surface area contributed by atoms with E-state index in [4.69, 9.17) is 0 Å². The fraction of sp³-hybridized carbons (Fsp3) is 0.0667. The number of hydrogen-bond donors (Lipinski definition) is 1. The van der Waals surface area contributed by atoms with Crippen molar-refractivity contribution in [2.24, 2.45) is 0 Å². The Morgan fingerprint density at radius 2 is 1.47 bits per heavy atom. The molecular weight excluding hydrogens is 306 g/mol. The first-order valence-corrected chi connectivity index (χ1v) is 6.88. The van der Waals surface area contributed by atoms with E-state index in [1.54, 1.807) is 36.4 Å². The summed E-state index contributed by atoms with van der Waals surface area (Å²) >= 11 is 3.07. The standard InChI is InChI=1S/C15H12BrNO2/c16-10-14(18)17-13-8-6-12(7-9-13)15(19)11-4-2-1-3-5-11/h1-9H,10H2,(H,17,18). The van der Waals surface area contributed by atoms with E-state index in [0.29, 0.717) is 16.8 Å². The number of anilines is 1. The largest absolute Gasteiger partial charge is 0.325 e. The molecule has 0 unspecified atom stereocenters. The summed E-state index contributed by atoms with van der Waals surface area (Å²) in [6.07, 6.45) is 0. The van der Waals surface area contributed by atoms with Crippen LogP contribution in [0.5, 0.6) is 0 Å². The Morgan fingerprint density at radius 1 is 0.895 bits per heavy atom. The zero-order chi connectivity index (χ0) is 13.7. The van der Waals surface area contributed by atoms with Gasteiger partial charge < -0.3 is 5.32 Å². The summed E-state index contributed by atoms with van der Waals surface area (Å²) in [5, 5.41) is 2.95. The van der Waals surface area contributed by atoms with Crippen LogP contribution < -0.4 is 5.32 Å². The van der Waals surface area contributed by atoms with Crippen LogP contribution in [0.2, 0.25) is 0 Å². The first-order valence-electron chi connectivity index (χ1n) is 5.76. The van der Waals surface area contributed by atoms with Crippen LogP contribution in [0.1, 0.15) is 15.9 Å². The number of halogens is 1. The van der Waals surface area contributed by atoms with Gasteiger partial charge in [0.25, 0.3) is 0 Å². The van der Waals surface area contributed by atoms with E-state index in [-0.39, 0.29) is 17.0 Å². The maximum atomic E-state index is 12.1. The monoisotopic (exact) mass is 317 g/mol. The Bertz CT molecular complexity index is 579. The molecule has 19 heavy (non-hydrogen) atoms. The zero-order valence-electron chi connectivity index (χ0n) is 10.1. The van der Waals surface area contributed by atoms with E-state index in [0.717, 1.165) is 0 Å². The number of alkyl halides is 1. The minimum absolute atomic E-state index is 0.0287. The van der Waals surface area contributed by atoms with Crippen LogP contribution in [0.25, 0.3) is 0 Å². The van der Waals surface area contributed by atoms with E-state index in [2.05, 4.69) is 21.2 Å². The normalized spacial score (nSPS) is 9.95. The van der Waals surface area contributed by atoms with Gasteiger partial charge in [0, 0.05) is 16.8 Å². The minimum atomic E-state index is -0.123. The second kappa shape index (κ2) is 6.29. The number of benzene rings is 2. The molecule has 0 fully saturated rings. The van der Waals surface area contributed by atoms with Crippen molar-refractivity contribution >= 4 is 33.3 Å². The summed E-state index contributed by atoms with van der Waals surface area (Å²) in [4.78, 5) is 23.3. The highest BCUT2D eigenvalue weighted by Gasteiger charge is 2.08. The van der Waals surface area contributed by atoms with Gasteiger partial charge in [-0.05, 0) is 24.3 Å². The van der Waals surface area contributed by atoms with Gasteiger partial charge >= 0.3 is 0 Å². The summed E-state index contributed by atoms with van der Waals surface area (Å²) in [7, 11) is 0. The van der Waals surface area contributed by atoms with Gasteiger partial charge in [-0.1, -0.05) is 46.3 Å². The highest BCUT2D eigenvalue weighted by atomic mass is 79.9. The van der Waals surface area contributed by atoms with Gasteiger partial charge in [-0.15, -0.1) is 0 Å². The molecule has 0 aromatic heterocycles. The van der Waals surface area contributed by atoms with Crippen LogP contribution in [0.4, 0.5) is 5.69 Å². The zero-order valence-corrected chi connectivity index (χ0v) is 11.7. The predicted molar refractivity (Wildman–Crippen MR) is 78.7 cm³/mol. The SMILES string of the molecule is O=C(CBr)Nc1ccc(C(=O)c2ccccc2)cc1. The van der Waals surface area contributed by atoms with Crippen molar-refractivity contribution in [2.75, 3.05) is 10.6 Å². The first-order chi connectivity index (χ1) is 9.20. The maximum absolute atomic E-state index is 12.1. The fourth-order valence-electron chi connectivity index (χ4n) is 1.66. The van der Waals surface area contributed by atoms with Gasteiger partial charge in [0.2, 0.25) is 5.91 Å². The molecule has 0 atom stereocenters. The van der Waals surface area contributed by atoms with Gasteiger partial charge in [-0.2, -0.15) is 0 Å². The lowest BCUT2D eigenvalue weighted by Gasteiger charge is -2.05. The Morgan fingerprint density at radius 3 is 2.05 bits per heavy atom. The summed E-state index contributed by atoms with van der Waals surface area (Å²) in [5.74, 6) is -0.152. The lowest BCUT2D eigenvalue weighted by atomic mass is 10.0. The average molecular weight is 318 g/mol. The van der Waals surface area contributed by atoms with E-state index in [1.807, 2.05) is 18.2 Å². The van der Waals surface area contributed by atoms with Crippen molar-refractivity contribution in [1.29, 1.82) is 0 Å². The topological polar surface area (TPSA) is 46.2 Å². The van der Waals surface area contributed by atoms with Crippen LogP contribution >= 0.6 is 15.9 Å². The third-order valence-corrected chi connectivity index (χ3v) is 3.10. The molecule has 1 N–H and O–H groups in total. The molecule has 1 amide bonds. The summed E-state index contributed by atoms with van der Waals surface area (Å²) in [5.41, 5.74) is 1.93. The highest BCUT2D eigenvalue weighted by Crippen LogP contribution is 2.13. The van der Waals surface area contributed by atoms with Crippen LogP contribution in [0.3, 0.4) is 0 Å². The number of hydrogen-bond acceptors (Lipinski definition) is 2. The predicted octanol–water partition coefficient (Wildman–Crippen LogP) is 3.25. The van der Waals surface area contributed by atoms with E-state index < -0.39 is 0 Å². The third kappa shape index (κ3) is 3.51. The molecule has 0 saturated heterocycles. The second-order valence-corrected chi connectivity index (χ2v) is 4.52. The summed E-state index contributed by atoms with van der Waals surface area (Å²) in [6.45, 7) is 0. The van der Waals surface area contributed by atoms with Crippen molar-refractivity contribution in [2.45, 2.75) is 0 Å². The Labute approximate surface area is 119 Å². The van der Waals surface area contributed by atoms with Gasteiger partial charge in [-0.25, -0.2) is 0 Å². The Kier molecular flexibility index (Phi) is 4.47. The maximum Gasteiger partial charge on any atom is 0.235 e. The van der Waals surface area contributed by atoms with Crippen molar-refractivity contribution in [3.8, 4) is 0 Å². The Hall–Kier alpha value is -1.94. The molecule has 0 aliphatic rings. The molecule has 2 rings (SSSR count). The number of carbonyl (C=O) groups excluding carboxylic acids is 2. The molecular formula is C15H12BrNO2. The molecule has 96 valence electrons. The summed E-state index contributed by atoms with van der Waals surface area (Å²) < 4.78 is 0. The average Bonchev–Trinajstić information content (AvgIpc) is 2.48. The van der Waals surface area contributed by atoms with Gasteiger partial charge in [0.05, 0.1) is 5.33 Å². The van der Waals surface area contributed by atoms with E-state index in [9.17, 15) is 9.59 Å². The van der Waals surface area contributed by atoms with Crippen LogP contribution in [0, 0.1) is 0 Å². The van der Waals surface area contributed by atoms with Crippen LogP contribution in [0.15, 0.2) is 54.6 Å². The first kappa shape index (κ1) is 13.5. The number of carbonyl (C=O) groups is 2. The molecule has 0 spiro atoms. The lowest BCUT2D eigenvalue weighted by molar-refractivity contribution is -0.113. The minimum Gasteiger partial charge on any atom is -0.325 e. The fourth-order valence-corrected chi connectivity index (χ4v) is 1.80. The number of amides is 1. The van der Waals surface area contributed by atoms with E-state index >= 15 is 0 Å². The van der Waals surface area contributed by atoms with Crippen molar-refractivity contribution in [3.63, 3.8) is 0 Å². The molecule has 3 nitrogen and oxygen atoms in total. The summed E-state index contributed by atoms with van der Waals surface area (Å²) in [6, 6.07) is 15.9. The van der Waals surface area contributed by atoms with Crippen molar-refractivity contribution in [3.05, 3.63) is 65.7 Å². The Balaban J connectivity index is 2.15. The molecule has 4 heteroatoms. The van der Waals surface area contributed by atoms with Gasteiger partial charge in [0.15, 0.2) is 5.78 Å². The number of rotatable bonds is 4. The van der Waals surface area contributed by atoms with Crippen LogP contribution in [-0.4, -0.2) is 17.0 Å². The molecule has 0 radical (unpaired) electrons. The molecule has 0 saturated carbocycles. The van der Waals surface area contributed by atoms with E-state index in [1.165, 1.54) is 0 Å². The third-order valence-electron chi connectivity index (χ3n) is 2.59. The van der Waals surface area contributed by atoms with Crippen LogP contribution in [-0.2, 0) is 4.79 Å². The molecule has 0 aliphatic heterocycles. The van der Waals surface area contributed by atoms with Gasteiger partial charge in [-0.3, -0.25) is 9.59 Å². The number of ketones is 1. The van der Waals surface area contributed by atoms with Crippen molar-refractivity contribution in [1.82, 2.24) is 0 Å². The van der Waals surface area contributed by atoms with Crippen molar-refractivity contribution < 1.29 is 9.59 Å². The molecule has 0 bridgehead atoms. The molecule has 0 heterocycles. The quantitative estimate of drug-likeness (QED) is 0.695. The smallest absolute Gasteiger partial charge is 0.235 e. The molecule has 0 aliphatic carbocycles. The lowest BCUT2D eigenvalue weighted by Crippen LogP contribution is -2.12. The number of nitrogens with one attached hydrogen (secondary N) is 1.